The highest BCUT2D eigenvalue weighted by Crippen LogP contribution is 2.23. The third-order valence-electron chi connectivity index (χ3n) is 3.52. The summed E-state index contributed by atoms with van der Waals surface area (Å²) in [7, 11) is 1.68. The molecule has 0 spiro atoms. The highest BCUT2D eigenvalue weighted by molar-refractivity contribution is 5.84. The molecule has 0 radical (unpaired) electrons. The first kappa shape index (κ1) is 15.8. The van der Waals surface area contributed by atoms with Crippen LogP contribution >= 0.6 is 0 Å². The van der Waals surface area contributed by atoms with E-state index in [1.165, 1.54) is 12.1 Å². The van der Waals surface area contributed by atoms with Gasteiger partial charge in [-0.25, -0.2) is 4.39 Å². The smallest absolute Gasteiger partial charge is 0.332 e. The summed E-state index contributed by atoms with van der Waals surface area (Å²) in [6.07, 6.45) is -4.01. The van der Waals surface area contributed by atoms with Crippen LogP contribution in [-0.4, -0.2) is 48.1 Å². The topological polar surface area (TPSA) is 23.6 Å². The molecule has 3 nitrogen and oxygen atoms in total. The lowest BCUT2D eigenvalue weighted by Crippen LogP contribution is -2.42. The quantitative estimate of drug-likeness (QED) is 0.798. The van der Waals surface area contributed by atoms with Gasteiger partial charge in [0.2, 0.25) is 5.91 Å². The molecule has 1 aromatic rings. The molecule has 1 aromatic carbocycles. The molecule has 1 aliphatic rings. The number of benzene rings is 1. The van der Waals surface area contributed by atoms with Crippen LogP contribution in [-0.2, 0) is 11.3 Å². The maximum Gasteiger partial charge on any atom is 0.406 e. The number of likely N-dealkylation sites (N-methyl/N-ethyl adjacent to an activating group) is 1. The zero-order chi connectivity index (χ0) is 15.6. The van der Waals surface area contributed by atoms with Crippen LogP contribution in [0.2, 0.25) is 0 Å². The van der Waals surface area contributed by atoms with E-state index in [4.69, 9.17) is 0 Å². The van der Waals surface area contributed by atoms with Crippen LogP contribution in [0.15, 0.2) is 24.3 Å². The third-order valence-corrected chi connectivity index (χ3v) is 3.52. The van der Waals surface area contributed by atoms with Crippen LogP contribution < -0.4 is 0 Å². The fraction of sp³-hybridized carbons (Fsp3) is 0.500. The lowest BCUT2D eigenvalue weighted by molar-refractivity contribution is -0.159. The number of nitrogens with zero attached hydrogens (tertiary/aromatic N) is 2. The molecular weight excluding hydrogens is 288 g/mol. The molecule has 116 valence electrons. The molecule has 1 heterocycles. The van der Waals surface area contributed by atoms with E-state index >= 15 is 0 Å². The van der Waals surface area contributed by atoms with Crippen molar-refractivity contribution in [2.45, 2.75) is 25.2 Å². The molecule has 2 rings (SSSR count). The van der Waals surface area contributed by atoms with Crippen molar-refractivity contribution in [3.8, 4) is 0 Å². The minimum absolute atomic E-state index is 0.108. The Morgan fingerprint density at radius 1 is 1.29 bits per heavy atom. The largest absolute Gasteiger partial charge is 0.406 e. The number of alkyl halides is 3. The predicted octanol–water partition coefficient (Wildman–Crippen LogP) is 2.42. The van der Waals surface area contributed by atoms with Gasteiger partial charge in [0.1, 0.15) is 12.4 Å². The maximum absolute atomic E-state index is 12.8. The van der Waals surface area contributed by atoms with E-state index in [-0.39, 0.29) is 12.4 Å². The summed E-state index contributed by atoms with van der Waals surface area (Å²) >= 11 is 0. The second-order valence-electron chi connectivity index (χ2n) is 5.22. The number of carbonyl (C=O) groups excluding carboxylic acids is 1. The second-order valence-corrected chi connectivity index (χ2v) is 5.22. The number of carbonyl (C=O) groups is 1. The zero-order valence-electron chi connectivity index (χ0n) is 11.5. The molecule has 1 fully saturated rings. The van der Waals surface area contributed by atoms with Gasteiger partial charge in [-0.05, 0) is 31.2 Å². The van der Waals surface area contributed by atoms with E-state index in [2.05, 4.69) is 0 Å². The Bertz CT molecular complexity index is 501. The summed E-state index contributed by atoms with van der Waals surface area (Å²) in [5.74, 6) is -0.855. The highest BCUT2D eigenvalue weighted by atomic mass is 19.4. The summed E-state index contributed by atoms with van der Waals surface area (Å²) in [6.45, 7) is -0.708. The SMILES string of the molecule is CN(Cc1ccc(F)cc1)C1CCN(CC(F)(F)F)C1=O. The van der Waals surface area contributed by atoms with Crippen LogP contribution in [0.25, 0.3) is 0 Å². The van der Waals surface area contributed by atoms with Crippen LogP contribution in [0.4, 0.5) is 17.6 Å². The number of likely N-dealkylation sites (tertiary alicyclic amines) is 1. The van der Waals surface area contributed by atoms with Gasteiger partial charge in [0, 0.05) is 13.1 Å². The van der Waals surface area contributed by atoms with Gasteiger partial charge in [0.25, 0.3) is 0 Å². The molecule has 0 aromatic heterocycles. The van der Waals surface area contributed by atoms with E-state index in [9.17, 15) is 22.4 Å². The van der Waals surface area contributed by atoms with Crippen LogP contribution in [0.3, 0.4) is 0 Å². The molecule has 21 heavy (non-hydrogen) atoms. The number of halogens is 4. The van der Waals surface area contributed by atoms with Crippen molar-refractivity contribution in [2.75, 3.05) is 20.1 Å². The average Bonchev–Trinajstić information content (AvgIpc) is 2.72. The normalized spacial score (nSPS) is 19.6. The van der Waals surface area contributed by atoms with Crippen molar-refractivity contribution in [3.63, 3.8) is 0 Å². The van der Waals surface area contributed by atoms with Gasteiger partial charge in [-0.1, -0.05) is 12.1 Å². The van der Waals surface area contributed by atoms with Gasteiger partial charge in [-0.3, -0.25) is 9.69 Å². The number of amides is 1. The first-order valence-corrected chi connectivity index (χ1v) is 6.56. The maximum atomic E-state index is 12.8. The van der Waals surface area contributed by atoms with Gasteiger partial charge >= 0.3 is 6.18 Å². The molecule has 0 aliphatic carbocycles. The second kappa shape index (κ2) is 6.01. The Hall–Kier alpha value is -1.63. The van der Waals surface area contributed by atoms with Crippen LogP contribution in [0.1, 0.15) is 12.0 Å². The van der Waals surface area contributed by atoms with Crippen molar-refractivity contribution >= 4 is 5.91 Å². The monoisotopic (exact) mass is 304 g/mol. The van der Waals surface area contributed by atoms with Gasteiger partial charge in [-0.15, -0.1) is 0 Å². The highest BCUT2D eigenvalue weighted by Gasteiger charge is 2.40. The average molecular weight is 304 g/mol. The standard InChI is InChI=1S/C14H16F4N2O/c1-19(8-10-2-4-11(15)5-3-10)12-6-7-20(13(12)21)9-14(16,17)18/h2-5,12H,6-9H2,1H3. The zero-order valence-corrected chi connectivity index (χ0v) is 11.5. The summed E-state index contributed by atoms with van der Waals surface area (Å²) < 4.78 is 49.9. The number of hydrogen-bond acceptors (Lipinski definition) is 2. The Kier molecular flexibility index (Phi) is 4.51. The van der Waals surface area contributed by atoms with Crippen molar-refractivity contribution < 1.29 is 22.4 Å². The van der Waals surface area contributed by atoms with E-state index in [0.717, 1.165) is 10.5 Å². The molecular formula is C14H16F4N2O. The van der Waals surface area contributed by atoms with E-state index < -0.39 is 24.7 Å². The first-order valence-electron chi connectivity index (χ1n) is 6.56. The molecule has 0 saturated carbocycles. The molecule has 0 bridgehead atoms. The van der Waals surface area contributed by atoms with Crippen LogP contribution in [0, 0.1) is 5.82 Å². The van der Waals surface area contributed by atoms with E-state index in [0.29, 0.717) is 13.0 Å². The van der Waals surface area contributed by atoms with Gasteiger partial charge in [0.15, 0.2) is 0 Å². The molecule has 1 aliphatic heterocycles. The lowest BCUT2D eigenvalue weighted by Gasteiger charge is -2.24. The number of rotatable bonds is 4. The minimum atomic E-state index is -4.37. The van der Waals surface area contributed by atoms with Gasteiger partial charge in [0.05, 0.1) is 6.04 Å². The summed E-state index contributed by atoms with van der Waals surface area (Å²) in [5, 5.41) is 0. The van der Waals surface area contributed by atoms with Crippen molar-refractivity contribution in [2.24, 2.45) is 0 Å². The molecule has 1 atom stereocenters. The van der Waals surface area contributed by atoms with Gasteiger partial charge in [-0.2, -0.15) is 13.2 Å². The fourth-order valence-electron chi connectivity index (χ4n) is 2.49. The Morgan fingerprint density at radius 2 is 1.90 bits per heavy atom. The van der Waals surface area contributed by atoms with E-state index in [1.54, 1.807) is 24.1 Å². The van der Waals surface area contributed by atoms with Crippen molar-refractivity contribution in [1.29, 1.82) is 0 Å². The number of hydrogen-bond donors (Lipinski definition) is 0. The Labute approximate surface area is 120 Å². The summed E-state index contributed by atoms with van der Waals surface area (Å²) in [6, 6.07) is 5.26. The van der Waals surface area contributed by atoms with E-state index in [1.807, 2.05) is 0 Å². The molecule has 7 heteroatoms. The third kappa shape index (κ3) is 4.17. The molecule has 1 unspecified atom stereocenters. The summed E-state index contributed by atoms with van der Waals surface area (Å²) in [4.78, 5) is 14.5. The van der Waals surface area contributed by atoms with Gasteiger partial charge < -0.3 is 4.90 Å². The lowest BCUT2D eigenvalue weighted by atomic mass is 10.1. The molecule has 0 N–H and O–H groups in total. The van der Waals surface area contributed by atoms with Crippen molar-refractivity contribution in [1.82, 2.24) is 9.80 Å². The van der Waals surface area contributed by atoms with Crippen LogP contribution in [0.5, 0.6) is 0 Å². The van der Waals surface area contributed by atoms with Crippen molar-refractivity contribution in [3.05, 3.63) is 35.6 Å². The fourth-order valence-corrected chi connectivity index (χ4v) is 2.49. The predicted molar refractivity (Wildman–Crippen MR) is 68.9 cm³/mol. The Balaban J connectivity index is 1.96. The summed E-state index contributed by atoms with van der Waals surface area (Å²) in [5.41, 5.74) is 0.806. The Morgan fingerprint density at radius 3 is 2.48 bits per heavy atom. The first-order chi connectivity index (χ1) is 9.76. The molecule has 1 amide bonds. The molecule has 1 saturated heterocycles. The minimum Gasteiger partial charge on any atom is -0.332 e.